The van der Waals surface area contributed by atoms with Gasteiger partial charge in [0, 0.05) is 18.8 Å². The summed E-state index contributed by atoms with van der Waals surface area (Å²) in [6, 6.07) is 3.92. The summed E-state index contributed by atoms with van der Waals surface area (Å²) < 4.78 is 5.27. The first-order valence-corrected chi connectivity index (χ1v) is 5.06. The van der Waals surface area contributed by atoms with Crippen molar-refractivity contribution >= 4 is 17.4 Å². The van der Waals surface area contributed by atoms with Crippen LogP contribution in [-0.2, 0) is 4.74 Å². The average molecular weight is 215 g/mol. The van der Waals surface area contributed by atoms with Crippen molar-refractivity contribution in [2.75, 3.05) is 18.5 Å². The van der Waals surface area contributed by atoms with Crippen molar-refractivity contribution in [3.63, 3.8) is 0 Å². The molecule has 1 heterocycles. The molecule has 0 spiro atoms. The highest BCUT2D eigenvalue weighted by molar-refractivity contribution is 6.30. The number of anilines is 1. The molecule has 1 aromatic heterocycles. The van der Waals surface area contributed by atoms with E-state index >= 15 is 0 Å². The molecule has 1 aromatic rings. The van der Waals surface area contributed by atoms with Crippen molar-refractivity contribution < 1.29 is 4.74 Å². The summed E-state index contributed by atoms with van der Waals surface area (Å²) in [5, 5.41) is 3.86. The molecule has 1 atom stereocenters. The number of hydrogen-bond acceptors (Lipinski definition) is 3. The van der Waals surface area contributed by atoms with Gasteiger partial charge in [-0.2, -0.15) is 0 Å². The van der Waals surface area contributed by atoms with Gasteiger partial charge in [0.1, 0.15) is 5.82 Å². The maximum atomic E-state index is 5.72. The zero-order valence-corrected chi connectivity index (χ0v) is 9.21. The minimum absolute atomic E-state index is 0.253. The Bertz CT molecular complexity index is 263. The van der Waals surface area contributed by atoms with Crippen LogP contribution in [0.25, 0.3) is 0 Å². The van der Waals surface area contributed by atoms with Crippen LogP contribution in [0.4, 0.5) is 5.82 Å². The molecule has 0 bridgehead atoms. The number of pyridine rings is 1. The van der Waals surface area contributed by atoms with Crippen LogP contribution in [0.3, 0.4) is 0 Å². The maximum absolute atomic E-state index is 5.72. The third-order valence-electron chi connectivity index (χ3n) is 1.69. The second-order valence-corrected chi connectivity index (χ2v) is 3.50. The van der Waals surface area contributed by atoms with Gasteiger partial charge in [0.25, 0.3) is 0 Å². The first-order chi connectivity index (χ1) is 6.72. The summed E-state index contributed by atoms with van der Waals surface area (Å²) in [6.45, 7) is 5.44. The Labute approximate surface area is 89.4 Å². The Kier molecular flexibility index (Phi) is 4.70. The van der Waals surface area contributed by atoms with Gasteiger partial charge in [0.05, 0.1) is 11.6 Å². The zero-order chi connectivity index (χ0) is 10.4. The molecule has 3 nitrogen and oxygen atoms in total. The molecule has 0 saturated heterocycles. The van der Waals surface area contributed by atoms with Gasteiger partial charge in [-0.1, -0.05) is 11.6 Å². The molecule has 0 fully saturated rings. The lowest BCUT2D eigenvalue weighted by Gasteiger charge is -2.13. The van der Waals surface area contributed by atoms with E-state index in [0.717, 1.165) is 12.4 Å². The minimum Gasteiger partial charge on any atom is -0.380 e. The van der Waals surface area contributed by atoms with Crippen LogP contribution in [0.2, 0.25) is 5.02 Å². The Morgan fingerprint density at radius 1 is 1.57 bits per heavy atom. The van der Waals surface area contributed by atoms with Crippen molar-refractivity contribution in [2.24, 2.45) is 0 Å². The smallest absolute Gasteiger partial charge is 0.126 e. The fourth-order valence-electron chi connectivity index (χ4n) is 1.05. The Balaban J connectivity index is 2.39. The summed E-state index contributed by atoms with van der Waals surface area (Å²) in [6.07, 6.45) is 1.62. The first-order valence-electron chi connectivity index (χ1n) is 4.68. The fraction of sp³-hybridized carbons (Fsp3) is 0.500. The highest BCUT2D eigenvalue weighted by atomic mass is 35.5. The van der Waals surface area contributed by atoms with Gasteiger partial charge in [0.15, 0.2) is 0 Å². The number of halogens is 1. The molecule has 4 heteroatoms. The van der Waals surface area contributed by atoms with Crippen LogP contribution in [0.5, 0.6) is 0 Å². The summed E-state index contributed by atoms with van der Waals surface area (Å²) in [5.74, 6) is 0.821. The van der Waals surface area contributed by atoms with Crippen molar-refractivity contribution in [1.29, 1.82) is 0 Å². The van der Waals surface area contributed by atoms with Crippen LogP contribution in [0, 0.1) is 0 Å². The topological polar surface area (TPSA) is 34.1 Å². The predicted molar refractivity (Wildman–Crippen MR) is 58.8 cm³/mol. The molecule has 0 aliphatic carbocycles. The van der Waals surface area contributed by atoms with Crippen molar-refractivity contribution in [3.8, 4) is 0 Å². The summed E-state index contributed by atoms with van der Waals surface area (Å²) in [4.78, 5) is 4.13. The molecular weight excluding hydrogens is 200 g/mol. The average Bonchev–Trinajstić information content (AvgIpc) is 2.18. The highest BCUT2D eigenvalue weighted by Crippen LogP contribution is 2.10. The molecule has 0 aliphatic rings. The maximum Gasteiger partial charge on any atom is 0.126 e. The van der Waals surface area contributed by atoms with E-state index in [9.17, 15) is 0 Å². The Morgan fingerprint density at radius 2 is 2.36 bits per heavy atom. The second-order valence-electron chi connectivity index (χ2n) is 3.07. The zero-order valence-electron chi connectivity index (χ0n) is 8.46. The van der Waals surface area contributed by atoms with E-state index in [2.05, 4.69) is 10.3 Å². The predicted octanol–water partition coefficient (Wildman–Crippen LogP) is 2.57. The normalized spacial score (nSPS) is 12.5. The van der Waals surface area contributed by atoms with Gasteiger partial charge in [-0.05, 0) is 26.0 Å². The van der Waals surface area contributed by atoms with E-state index in [1.807, 2.05) is 26.0 Å². The molecule has 0 aromatic carbocycles. The van der Waals surface area contributed by atoms with E-state index in [0.29, 0.717) is 11.6 Å². The monoisotopic (exact) mass is 214 g/mol. The lowest BCUT2D eigenvalue weighted by atomic mass is 10.3. The fourth-order valence-corrected chi connectivity index (χ4v) is 1.16. The molecule has 0 radical (unpaired) electrons. The molecule has 1 unspecified atom stereocenters. The number of hydrogen-bond donors (Lipinski definition) is 1. The third-order valence-corrected chi connectivity index (χ3v) is 1.92. The largest absolute Gasteiger partial charge is 0.380 e. The van der Waals surface area contributed by atoms with Gasteiger partial charge in [-0.3, -0.25) is 0 Å². The van der Waals surface area contributed by atoms with Crippen LogP contribution >= 0.6 is 11.6 Å². The van der Waals surface area contributed by atoms with Gasteiger partial charge < -0.3 is 10.1 Å². The number of aromatic nitrogens is 1. The molecule has 0 saturated carbocycles. The van der Waals surface area contributed by atoms with E-state index in [1.165, 1.54) is 0 Å². The Morgan fingerprint density at radius 3 is 2.93 bits per heavy atom. The molecule has 0 amide bonds. The van der Waals surface area contributed by atoms with E-state index in [1.54, 1.807) is 6.20 Å². The third kappa shape index (κ3) is 3.94. The van der Waals surface area contributed by atoms with Gasteiger partial charge >= 0.3 is 0 Å². The summed E-state index contributed by atoms with van der Waals surface area (Å²) >= 11 is 5.72. The molecule has 14 heavy (non-hydrogen) atoms. The molecular formula is C10H15ClN2O. The number of rotatable bonds is 5. The quantitative estimate of drug-likeness (QED) is 0.818. The van der Waals surface area contributed by atoms with Gasteiger partial charge in [0.2, 0.25) is 0 Å². The second kappa shape index (κ2) is 5.83. The van der Waals surface area contributed by atoms with Crippen LogP contribution < -0.4 is 5.32 Å². The van der Waals surface area contributed by atoms with E-state index in [-0.39, 0.29) is 6.04 Å². The van der Waals surface area contributed by atoms with E-state index in [4.69, 9.17) is 16.3 Å². The standard InChI is InChI=1S/C10H15ClN2O/c1-3-14-7-8(2)13-10-5-4-9(11)6-12-10/h4-6,8H,3,7H2,1-2H3,(H,12,13). The lowest BCUT2D eigenvalue weighted by Crippen LogP contribution is -2.22. The summed E-state index contributed by atoms with van der Waals surface area (Å²) in [7, 11) is 0. The van der Waals surface area contributed by atoms with Crippen molar-refractivity contribution in [2.45, 2.75) is 19.9 Å². The van der Waals surface area contributed by atoms with Crippen molar-refractivity contribution in [1.82, 2.24) is 4.98 Å². The van der Waals surface area contributed by atoms with Crippen molar-refractivity contribution in [3.05, 3.63) is 23.4 Å². The highest BCUT2D eigenvalue weighted by Gasteiger charge is 2.01. The van der Waals surface area contributed by atoms with Gasteiger partial charge in [-0.15, -0.1) is 0 Å². The van der Waals surface area contributed by atoms with Gasteiger partial charge in [-0.25, -0.2) is 4.98 Å². The number of nitrogens with zero attached hydrogens (tertiary/aromatic N) is 1. The van der Waals surface area contributed by atoms with Crippen LogP contribution in [0.1, 0.15) is 13.8 Å². The Hall–Kier alpha value is -0.800. The van der Waals surface area contributed by atoms with Crippen LogP contribution in [0.15, 0.2) is 18.3 Å². The summed E-state index contributed by atoms with van der Waals surface area (Å²) in [5.41, 5.74) is 0. The minimum atomic E-state index is 0.253. The number of ether oxygens (including phenoxy) is 1. The lowest BCUT2D eigenvalue weighted by molar-refractivity contribution is 0.141. The van der Waals surface area contributed by atoms with Crippen LogP contribution in [-0.4, -0.2) is 24.2 Å². The number of nitrogens with one attached hydrogen (secondary N) is 1. The molecule has 78 valence electrons. The SMILES string of the molecule is CCOCC(C)Nc1ccc(Cl)cn1. The molecule has 1 N–H and O–H groups in total. The first kappa shape index (κ1) is 11.3. The van der Waals surface area contributed by atoms with E-state index < -0.39 is 0 Å². The molecule has 1 rings (SSSR count). The molecule has 0 aliphatic heterocycles.